The molecule has 1 amide bonds. The Hall–Kier alpha value is -1.59. The number of rotatable bonds is 7. The molecule has 0 unspecified atom stereocenters. The summed E-state index contributed by atoms with van der Waals surface area (Å²) in [5, 5.41) is 12.6. The first-order chi connectivity index (χ1) is 11.4. The summed E-state index contributed by atoms with van der Waals surface area (Å²) >= 11 is 0. The topological polar surface area (TPSA) is 61.8 Å². The molecule has 5 nitrogen and oxygen atoms in total. The number of nitrogens with one attached hydrogen (secondary N) is 1. The molecule has 0 spiro atoms. The quantitative estimate of drug-likeness (QED) is 0.748. The number of methoxy groups -OCH3 is 1. The average Bonchev–Trinajstić information content (AvgIpc) is 2.60. The molecule has 1 heterocycles. The van der Waals surface area contributed by atoms with Crippen LogP contribution in [0.4, 0.5) is 0 Å². The molecule has 0 saturated carbocycles. The highest BCUT2D eigenvalue weighted by molar-refractivity contribution is 5.87. The summed E-state index contributed by atoms with van der Waals surface area (Å²) in [6, 6.07) is 7.65. The Morgan fingerprint density at radius 1 is 1.29 bits per heavy atom. The van der Waals surface area contributed by atoms with E-state index < -0.39 is 5.41 Å². The molecule has 1 aliphatic rings. The van der Waals surface area contributed by atoms with Gasteiger partial charge in [-0.25, -0.2) is 0 Å². The standard InChI is InChI=1S/C19H30N2O3/c1-19(2,15-5-7-17(24-3)8-6-15)18(23)20-11-4-12-21-13-9-16(22)10-14-21/h5-8,16,22H,4,9-14H2,1-3H3,(H,20,23). The second-order valence-corrected chi connectivity index (χ2v) is 7.04. The second-order valence-electron chi connectivity index (χ2n) is 7.04. The minimum absolute atomic E-state index is 0.0433. The Morgan fingerprint density at radius 2 is 1.92 bits per heavy atom. The molecule has 1 aliphatic heterocycles. The van der Waals surface area contributed by atoms with Gasteiger partial charge in [-0.1, -0.05) is 12.1 Å². The van der Waals surface area contributed by atoms with Gasteiger partial charge in [0.2, 0.25) is 5.91 Å². The van der Waals surface area contributed by atoms with Gasteiger partial charge in [-0.2, -0.15) is 0 Å². The second kappa shape index (κ2) is 8.49. The minimum atomic E-state index is -0.568. The highest BCUT2D eigenvalue weighted by atomic mass is 16.5. The van der Waals surface area contributed by atoms with Crippen LogP contribution in [0, 0.1) is 0 Å². The highest BCUT2D eigenvalue weighted by Crippen LogP contribution is 2.25. The number of hydrogen-bond acceptors (Lipinski definition) is 4. The van der Waals surface area contributed by atoms with Crippen molar-refractivity contribution < 1.29 is 14.6 Å². The summed E-state index contributed by atoms with van der Waals surface area (Å²) in [5.41, 5.74) is 0.410. The van der Waals surface area contributed by atoms with Crippen LogP contribution in [0.5, 0.6) is 5.75 Å². The molecule has 1 fully saturated rings. The zero-order chi connectivity index (χ0) is 17.6. The van der Waals surface area contributed by atoms with Crippen LogP contribution in [0.2, 0.25) is 0 Å². The molecule has 0 bridgehead atoms. The number of aliphatic hydroxyl groups is 1. The number of amides is 1. The molecule has 0 atom stereocenters. The van der Waals surface area contributed by atoms with Crippen molar-refractivity contribution in [1.29, 1.82) is 0 Å². The van der Waals surface area contributed by atoms with E-state index >= 15 is 0 Å². The average molecular weight is 334 g/mol. The molecule has 2 rings (SSSR count). The van der Waals surface area contributed by atoms with Gasteiger partial charge in [0.1, 0.15) is 5.75 Å². The van der Waals surface area contributed by atoms with Crippen molar-refractivity contribution in [2.24, 2.45) is 0 Å². The number of carbonyl (C=O) groups is 1. The fourth-order valence-electron chi connectivity index (χ4n) is 3.01. The van der Waals surface area contributed by atoms with E-state index in [2.05, 4.69) is 10.2 Å². The number of hydrogen-bond donors (Lipinski definition) is 2. The van der Waals surface area contributed by atoms with E-state index in [4.69, 9.17) is 4.74 Å². The van der Waals surface area contributed by atoms with Gasteiger partial charge in [0.05, 0.1) is 18.6 Å². The van der Waals surface area contributed by atoms with Crippen LogP contribution in [0.1, 0.15) is 38.7 Å². The predicted molar refractivity (Wildman–Crippen MR) is 95.3 cm³/mol. The van der Waals surface area contributed by atoms with E-state index in [0.29, 0.717) is 6.54 Å². The number of ether oxygens (including phenoxy) is 1. The molecule has 2 N–H and O–H groups in total. The maximum absolute atomic E-state index is 12.5. The molecule has 1 aromatic rings. The highest BCUT2D eigenvalue weighted by Gasteiger charge is 2.29. The zero-order valence-corrected chi connectivity index (χ0v) is 15.0. The largest absolute Gasteiger partial charge is 0.497 e. The van der Waals surface area contributed by atoms with Crippen molar-refractivity contribution in [3.63, 3.8) is 0 Å². The van der Waals surface area contributed by atoms with Gasteiger partial charge >= 0.3 is 0 Å². The summed E-state index contributed by atoms with van der Waals surface area (Å²) in [6.07, 6.45) is 2.51. The van der Waals surface area contributed by atoms with E-state index in [1.165, 1.54) is 0 Å². The van der Waals surface area contributed by atoms with Crippen LogP contribution < -0.4 is 10.1 Å². The molecule has 0 aliphatic carbocycles. The van der Waals surface area contributed by atoms with Gasteiger partial charge in [0.15, 0.2) is 0 Å². The lowest BCUT2D eigenvalue weighted by molar-refractivity contribution is -0.125. The molecule has 0 aromatic heterocycles. The summed E-state index contributed by atoms with van der Waals surface area (Å²) < 4.78 is 5.17. The minimum Gasteiger partial charge on any atom is -0.497 e. The lowest BCUT2D eigenvalue weighted by Crippen LogP contribution is -2.42. The Balaban J connectivity index is 1.76. The van der Waals surface area contributed by atoms with Crippen LogP contribution in [0.25, 0.3) is 0 Å². The summed E-state index contributed by atoms with van der Waals surface area (Å²) in [4.78, 5) is 14.9. The van der Waals surface area contributed by atoms with Crippen LogP contribution in [0.15, 0.2) is 24.3 Å². The van der Waals surface area contributed by atoms with E-state index in [-0.39, 0.29) is 12.0 Å². The molecule has 5 heteroatoms. The van der Waals surface area contributed by atoms with Gasteiger partial charge in [0.25, 0.3) is 0 Å². The number of aliphatic hydroxyl groups excluding tert-OH is 1. The third-order valence-corrected chi connectivity index (χ3v) is 4.87. The monoisotopic (exact) mass is 334 g/mol. The van der Waals surface area contributed by atoms with E-state index in [1.807, 2.05) is 38.1 Å². The van der Waals surface area contributed by atoms with Crippen molar-refractivity contribution in [3.8, 4) is 5.75 Å². The van der Waals surface area contributed by atoms with Crippen LogP contribution in [-0.4, -0.2) is 55.3 Å². The van der Waals surface area contributed by atoms with Crippen molar-refractivity contribution in [2.75, 3.05) is 33.3 Å². The van der Waals surface area contributed by atoms with Gasteiger partial charge in [-0.3, -0.25) is 4.79 Å². The first-order valence-electron chi connectivity index (χ1n) is 8.76. The SMILES string of the molecule is COc1ccc(C(C)(C)C(=O)NCCCN2CCC(O)CC2)cc1. The molecule has 0 radical (unpaired) electrons. The Kier molecular flexibility index (Phi) is 6.63. The maximum atomic E-state index is 12.5. The lowest BCUT2D eigenvalue weighted by Gasteiger charge is -2.29. The number of likely N-dealkylation sites (tertiary alicyclic amines) is 1. The third kappa shape index (κ3) is 4.95. The van der Waals surface area contributed by atoms with Crippen LogP contribution in [0.3, 0.4) is 0 Å². The summed E-state index contributed by atoms with van der Waals surface area (Å²) in [5.74, 6) is 0.836. The first kappa shape index (κ1) is 18.7. The Labute approximate surface area is 145 Å². The Bertz CT molecular complexity index is 520. The third-order valence-electron chi connectivity index (χ3n) is 4.87. The fourth-order valence-corrected chi connectivity index (χ4v) is 3.01. The molecule has 1 saturated heterocycles. The van der Waals surface area contributed by atoms with E-state index in [9.17, 15) is 9.90 Å². The number of piperidine rings is 1. The smallest absolute Gasteiger partial charge is 0.230 e. The molecule has 1 aromatic carbocycles. The zero-order valence-electron chi connectivity index (χ0n) is 15.0. The number of nitrogens with zero attached hydrogens (tertiary/aromatic N) is 1. The van der Waals surface area contributed by atoms with Crippen LogP contribution >= 0.6 is 0 Å². The van der Waals surface area contributed by atoms with Crippen LogP contribution in [-0.2, 0) is 10.2 Å². The van der Waals surface area contributed by atoms with Gasteiger partial charge < -0.3 is 20.1 Å². The fraction of sp³-hybridized carbons (Fsp3) is 0.632. The maximum Gasteiger partial charge on any atom is 0.230 e. The number of carbonyl (C=O) groups excluding carboxylic acids is 1. The van der Waals surface area contributed by atoms with E-state index in [0.717, 1.165) is 50.2 Å². The summed E-state index contributed by atoms with van der Waals surface area (Å²) in [6.45, 7) is 7.43. The molecular weight excluding hydrogens is 304 g/mol. The normalized spacial score (nSPS) is 16.8. The summed E-state index contributed by atoms with van der Waals surface area (Å²) in [7, 11) is 1.63. The lowest BCUT2D eigenvalue weighted by atomic mass is 9.83. The Morgan fingerprint density at radius 3 is 2.50 bits per heavy atom. The van der Waals surface area contributed by atoms with Gasteiger partial charge in [0, 0.05) is 19.6 Å². The predicted octanol–water partition coefficient (Wildman–Crippen LogP) is 1.94. The molecule has 134 valence electrons. The van der Waals surface area contributed by atoms with Crippen molar-refractivity contribution in [3.05, 3.63) is 29.8 Å². The van der Waals surface area contributed by atoms with Gasteiger partial charge in [-0.15, -0.1) is 0 Å². The van der Waals surface area contributed by atoms with Crippen molar-refractivity contribution >= 4 is 5.91 Å². The van der Waals surface area contributed by atoms with Gasteiger partial charge in [-0.05, 0) is 57.4 Å². The first-order valence-corrected chi connectivity index (χ1v) is 8.76. The van der Waals surface area contributed by atoms with E-state index in [1.54, 1.807) is 7.11 Å². The number of benzene rings is 1. The van der Waals surface area contributed by atoms with Crippen molar-refractivity contribution in [1.82, 2.24) is 10.2 Å². The molecule has 24 heavy (non-hydrogen) atoms. The molecular formula is C19H30N2O3. The van der Waals surface area contributed by atoms with Crippen molar-refractivity contribution in [2.45, 2.75) is 44.6 Å².